The van der Waals surface area contributed by atoms with Crippen molar-refractivity contribution < 1.29 is 0 Å². The van der Waals surface area contributed by atoms with Gasteiger partial charge < -0.3 is 9.47 Å². The van der Waals surface area contributed by atoms with Crippen molar-refractivity contribution in [2.45, 2.75) is 0 Å². The number of anilines is 3. The van der Waals surface area contributed by atoms with Crippen LogP contribution in [0.25, 0.3) is 80.7 Å². The zero-order valence-electron chi connectivity index (χ0n) is 29.9. The molecule has 0 saturated heterocycles. The summed E-state index contributed by atoms with van der Waals surface area (Å²) in [6, 6.07) is 75.1. The summed E-state index contributed by atoms with van der Waals surface area (Å²) in [5, 5.41) is 7.69. The number of benzene rings is 9. The van der Waals surface area contributed by atoms with E-state index >= 15 is 0 Å². The maximum absolute atomic E-state index is 2.43. The second-order valence-corrected chi connectivity index (χ2v) is 15.2. The van der Waals surface area contributed by atoms with Crippen LogP contribution in [0.15, 0.2) is 206 Å². The molecule has 0 bridgehead atoms. The van der Waals surface area contributed by atoms with Gasteiger partial charge in [-0.05, 0) is 82.2 Å². The van der Waals surface area contributed by atoms with E-state index in [-0.39, 0.29) is 0 Å². The van der Waals surface area contributed by atoms with Gasteiger partial charge >= 0.3 is 0 Å². The number of nitrogens with zero attached hydrogens (tertiary/aromatic N) is 2. The quantitative estimate of drug-likeness (QED) is 0.166. The summed E-state index contributed by atoms with van der Waals surface area (Å²) >= 11 is 1.89. The standard InChI is InChI=1S/C52H34N2S/c1-3-14-35(15-4-1)38-17-11-20-41(34-38)53(48-26-13-24-45-43-21-7-9-25-47(43)54(51(45)48)39-18-5-2-6-19-39)40-31-28-36(29-32-40)42-23-12-16-37-30-33-46-44-22-8-10-27-49(44)55-52(46)50(37)42/h1-34H. The largest absolute Gasteiger partial charge is 0.308 e. The van der Waals surface area contributed by atoms with E-state index in [1.54, 1.807) is 0 Å². The van der Waals surface area contributed by atoms with Crippen LogP contribution >= 0.6 is 11.3 Å². The first-order valence-electron chi connectivity index (χ1n) is 18.8. The molecule has 2 nitrogen and oxygen atoms in total. The fraction of sp³-hybridized carbons (Fsp3) is 0. The minimum absolute atomic E-state index is 1.10. The molecule has 0 unspecified atom stereocenters. The van der Waals surface area contributed by atoms with E-state index in [0.717, 1.165) is 22.7 Å². The Hall–Kier alpha value is -6.94. The number of rotatable bonds is 6. The Kier molecular flexibility index (Phi) is 7.39. The lowest BCUT2D eigenvalue weighted by atomic mass is 9.96. The molecule has 0 fully saturated rings. The molecular formula is C52H34N2S. The van der Waals surface area contributed by atoms with E-state index in [4.69, 9.17) is 0 Å². The molecule has 0 radical (unpaired) electrons. The third-order valence-electron chi connectivity index (χ3n) is 11.0. The summed E-state index contributed by atoms with van der Waals surface area (Å²) in [5.41, 5.74) is 11.6. The Balaban J connectivity index is 1.14. The van der Waals surface area contributed by atoms with Gasteiger partial charge in [-0.15, -0.1) is 11.3 Å². The fourth-order valence-electron chi connectivity index (χ4n) is 8.49. The van der Waals surface area contributed by atoms with Crippen molar-refractivity contribution in [1.29, 1.82) is 0 Å². The van der Waals surface area contributed by atoms with Crippen LogP contribution in [0, 0.1) is 0 Å². The first-order chi connectivity index (χ1) is 27.3. The van der Waals surface area contributed by atoms with Crippen molar-refractivity contribution in [2.75, 3.05) is 4.90 Å². The molecule has 0 N–H and O–H groups in total. The van der Waals surface area contributed by atoms with Gasteiger partial charge in [0.05, 0.1) is 16.7 Å². The molecule has 0 spiro atoms. The minimum Gasteiger partial charge on any atom is -0.308 e. The van der Waals surface area contributed by atoms with Crippen molar-refractivity contribution in [3.63, 3.8) is 0 Å². The molecule has 55 heavy (non-hydrogen) atoms. The van der Waals surface area contributed by atoms with E-state index < -0.39 is 0 Å². The summed E-state index contributed by atoms with van der Waals surface area (Å²) in [4.78, 5) is 2.43. The molecule has 0 saturated carbocycles. The van der Waals surface area contributed by atoms with Gasteiger partial charge in [0.1, 0.15) is 0 Å². The Morgan fingerprint density at radius 1 is 0.418 bits per heavy atom. The van der Waals surface area contributed by atoms with Crippen molar-refractivity contribution in [3.8, 4) is 27.9 Å². The second kappa shape index (κ2) is 12.9. The first-order valence-corrected chi connectivity index (χ1v) is 19.6. The highest BCUT2D eigenvalue weighted by atomic mass is 32.1. The first kappa shape index (κ1) is 31.6. The van der Waals surface area contributed by atoms with Gasteiger partial charge in [-0.2, -0.15) is 0 Å². The van der Waals surface area contributed by atoms with E-state index in [1.807, 2.05) is 11.3 Å². The van der Waals surface area contributed by atoms with Crippen molar-refractivity contribution in [1.82, 2.24) is 4.57 Å². The molecule has 9 aromatic carbocycles. The third-order valence-corrected chi connectivity index (χ3v) is 12.2. The van der Waals surface area contributed by atoms with Crippen molar-refractivity contribution in [2.24, 2.45) is 0 Å². The highest BCUT2D eigenvalue weighted by Crippen LogP contribution is 2.46. The Morgan fingerprint density at radius 2 is 1.11 bits per heavy atom. The predicted octanol–water partition coefficient (Wildman–Crippen LogP) is 15.1. The average molecular weight is 719 g/mol. The summed E-state index contributed by atoms with van der Waals surface area (Å²) in [6.45, 7) is 0. The Morgan fingerprint density at radius 3 is 1.96 bits per heavy atom. The molecule has 0 aliphatic heterocycles. The molecule has 2 heterocycles. The number of hydrogen-bond acceptors (Lipinski definition) is 2. The maximum atomic E-state index is 2.43. The maximum Gasteiger partial charge on any atom is 0.0782 e. The molecule has 3 heteroatoms. The molecule has 0 aliphatic carbocycles. The van der Waals surface area contributed by atoms with Crippen LogP contribution in [-0.4, -0.2) is 4.57 Å². The number of hydrogen-bond donors (Lipinski definition) is 0. The van der Waals surface area contributed by atoms with Gasteiger partial charge in [0, 0.05) is 53.4 Å². The fourth-order valence-corrected chi connectivity index (χ4v) is 9.76. The summed E-state index contributed by atoms with van der Waals surface area (Å²) in [7, 11) is 0. The molecule has 11 rings (SSSR count). The van der Waals surface area contributed by atoms with Gasteiger partial charge in [0.2, 0.25) is 0 Å². The number of aromatic nitrogens is 1. The van der Waals surface area contributed by atoms with E-state index in [2.05, 4.69) is 216 Å². The molecule has 0 aliphatic rings. The van der Waals surface area contributed by atoms with Gasteiger partial charge in [0.15, 0.2) is 0 Å². The molecular weight excluding hydrogens is 685 g/mol. The van der Waals surface area contributed by atoms with Gasteiger partial charge in [-0.3, -0.25) is 0 Å². The van der Waals surface area contributed by atoms with Crippen molar-refractivity contribution in [3.05, 3.63) is 206 Å². The number of para-hydroxylation sites is 3. The van der Waals surface area contributed by atoms with E-state index in [9.17, 15) is 0 Å². The highest BCUT2D eigenvalue weighted by Gasteiger charge is 2.22. The van der Waals surface area contributed by atoms with Gasteiger partial charge in [-0.1, -0.05) is 152 Å². The van der Waals surface area contributed by atoms with Crippen LogP contribution in [0.5, 0.6) is 0 Å². The zero-order chi connectivity index (χ0) is 36.3. The summed E-state index contributed by atoms with van der Waals surface area (Å²) in [6.07, 6.45) is 0. The summed E-state index contributed by atoms with van der Waals surface area (Å²) < 4.78 is 5.10. The molecule has 0 atom stereocenters. The number of fused-ring (bicyclic) bond motifs is 8. The van der Waals surface area contributed by atoms with Crippen LogP contribution in [0.2, 0.25) is 0 Å². The third kappa shape index (κ3) is 5.16. The minimum atomic E-state index is 1.10. The average Bonchev–Trinajstić information content (AvgIpc) is 3.81. The van der Waals surface area contributed by atoms with Crippen LogP contribution in [0.1, 0.15) is 0 Å². The monoisotopic (exact) mass is 718 g/mol. The van der Waals surface area contributed by atoms with Crippen LogP contribution in [0.3, 0.4) is 0 Å². The summed E-state index contributed by atoms with van der Waals surface area (Å²) in [5.74, 6) is 0. The molecule has 0 amide bonds. The Bertz CT molecular complexity index is 3190. The lowest BCUT2D eigenvalue weighted by molar-refractivity contribution is 1.17. The molecule has 258 valence electrons. The van der Waals surface area contributed by atoms with Crippen molar-refractivity contribution >= 4 is 81.1 Å². The molecule has 11 aromatic rings. The lowest BCUT2D eigenvalue weighted by Crippen LogP contribution is -2.11. The van der Waals surface area contributed by atoms with Gasteiger partial charge in [-0.25, -0.2) is 0 Å². The van der Waals surface area contributed by atoms with Gasteiger partial charge in [0.25, 0.3) is 0 Å². The van der Waals surface area contributed by atoms with Crippen LogP contribution < -0.4 is 4.90 Å². The Labute approximate surface area is 323 Å². The van der Waals surface area contributed by atoms with Crippen LogP contribution in [0.4, 0.5) is 17.1 Å². The normalized spacial score (nSPS) is 11.6. The number of thiophene rings is 1. The van der Waals surface area contributed by atoms with E-state index in [0.29, 0.717) is 0 Å². The van der Waals surface area contributed by atoms with Crippen LogP contribution in [-0.2, 0) is 0 Å². The van der Waals surface area contributed by atoms with E-state index in [1.165, 1.54) is 75.0 Å². The molecule has 2 aromatic heterocycles. The second-order valence-electron chi connectivity index (χ2n) is 14.1. The zero-order valence-corrected chi connectivity index (χ0v) is 30.7. The predicted molar refractivity (Wildman–Crippen MR) is 237 cm³/mol. The lowest BCUT2D eigenvalue weighted by Gasteiger charge is -2.28. The highest BCUT2D eigenvalue weighted by molar-refractivity contribution is 7.26. The topological polar surface area (TPSA) is 8.17 Å². The SMILES string of the molecule is c1ccc(-c2cccc(N(c3ccc(-c4cccc5ccc6c7ccccc7sc6c45)cc3)c3cccc4c5ccccc5n(-c5ccccc5)c34)c2)cc1. The smallest absolute Gasteiger partial charge is 0.0782 e.